The molecule has 18 heavy (non-hydrogen) atoms. The van der Waals surface area contributed by atoms with E-state index in [2.05, 4.69) is 0 Å². The second-order valence-corrected chi connectivity index (χ2v) is 4.36. The van der Waals surface area contributed by atoms with Crippen LogP contribution in [0.2, 0.25) is 5.02 Å². The van der Waals surface area contributed by atoms with Crippen molar-refractivity contribution in [2.24, 2.45) is 5.73 Å². The van der Waals surface area contributed by atoms with Crippen LogP contribution >= 0.6 is 11.6 Å². The predicted octanol–water partition coefficient (Wildman–Crippen LogP) is 3.56. The van der Waals surface area contributed by atoms with Gasteiger partial charge in [0.05, 0.1) is 6.04 Å². The minimum atomic E-state index is -0.326. The zero-order chi connectivity index (χ0) is 13.0. The quantitative estimate of drug-likeness (QED) is 0.917. The van der Waals surface area contributed by atoms with Gasteiger partial charge in [0.1, 0.15) is 18.2 Å². The van der Waals surface area contributed by atoms with E-state index in [0.717, 1.165) is 5.56 Å². The first-order chi connectivity index (χ1) is 8.65. The summed E-state index contributed by atoms with van der Waals surface area (Å²) in [7, 11) is 0. The van der Waals surface area contributed by atoms with Crippen LogP contribution in [0.3, 0.4) is 0 Å². The average Bonchev–Trinajstić information content (AvgIpc) is 2.37. The summed E-state index contributed by atoms with van der Waals surface area (Å²) in [6, 6.07) is 13.0. The second-order valence-electron chi connectivity index (χ2n) is 3.93. The molecule has 0 aliphatic rings. The normalized spacial score (nSPS) is 12.2. The van der Waals surface area contributed by atoms with Crippen molar-refractivity contribution in [2.45, 2.75) is 6.04 Å². The van der Waals surface area contributed by atoms with Gasteiger partial charge in [-0.3, -0.25) is 0 Å². The molecule has 94 valence electrons. The van der Waals surface area contributed by atoms with E-state index in [1.807, 2.05) is 12.1 Å². The third kappa shape index (κ3) is 3.45. The number of nitrogens with two attached hydrogens (primary N) is 1. The molecular weight excluding hydrogens is 253 g/mol. The molecule has 0 fully saturated rings. The maximum atomic E-state index is 12.9. The molecule has 0 aliphatic carbocycles. The topological polar surface area (TPSA) is 35.2 Å². The highest BCUT2D eigenvalue weighted by molar-refractivity contribution is 6.30. The van der Waals surface area contributed by atoms with Crippen molar-refractivity contribution in [3.05, 3.63) is 64.9 Å². The van der Waals surface area contributed by atoms with E-state index < -0.39 is 0 Å². The molecule has 1 unspecified atom stereocenters. The van der Waals surface area contributed by atoms with Crippen LogP contribution in [0.15, 0.2) is 48.5 Å². The number of rotatable bonds is 4. The Morgan fingerprint density at radius 2 is 1.89 bits per heavy atom. The summed E-state index contributed by atoms with van der Waals surface area (Å²) in [5.74, 6) is 0.145. The molecule has 0 saturated heterocycles. The maximum Gasteiger partial charge on any atom is 0.126 e. The molecule has 2 rings (SSSR count). The molecule has 2 nitrogen and oxygen atoms in total. The molecule has 2 aromatic rings. The minimum absolute atomic E-state index is 0.273. The van der Waals surface area contributed by atoms with Crippen LogP contribution in [0.4, 0.5) is 4.39 Å². The molecule has 2 N–H and O–H groups in total. The summed E-state index contributed by atoms with van der Waals surface area (Å²) >= 11 is 5.79. The number of halogens is 2. The van der Waals surface area contributed by atoms with Crippen molar-refractivity contribution in [1.82, 2.24) is 0 Å². The van der Waals surface area contributed by atoms with Gasteiger partial charge in [0, 0.05) is 11.1 Å². The summed E-state index contributed by atoms with van der Waals surface area (Å²) in [5.41, 5.74) is 6.90. The number of hydrogen-bond donors (Lipinski definition) is 1. The molecule has 2 aromatic carbocycles. The van der Waals surface area contributed by atoms with E-state index in [9.17, 15) is 4.39 Å². The fourth-order valence-corrected chi connectivity index (χ4v) is 1.67. The van der Waals surface area contributed by atoms with E-state index in [4.69, 9.17) is 22.1 Å². The lowest BCUT2D eigenvalue weighted by atomic mass is 10.1. The number of ether oxygens (including phenoxy) is 1. The molecule has 0 bridgehead atoms. The zero-order valence-corrected chi connectivity index (χ0v) is 10.4. The van der Waals surface area contributed by atoms with Gasteiger partial charge < -0.3 is 10.5 Å². The first-order valence-electron chi connectivity index (χ1n) is 5.54. The van der Waals surface area contributed by atoms with Crippen LogP contribution in [-0.2, 0) is 0 Å². The van der Waals surface area contributed by atoms with Crippen molar-refractivity contribution in [1.29, 1.82) is 0 Å². The third-order valence-corrected chi connectivity index (χ3v) is 2.78. The summed E-state index contributed by atoms with van der Waals surface area (Å²) in [4.78, 5) is 0. The Kier molecular flexibility index (Phi) is 4.18. The molecular formula is C14H13ClFNO. The van der Waals surface area contributed by atoms with Crippen LogP contribution in [0.25, 0.3) is 0 Å². The van der Waals surface area contributed by atoms with Gasteiger partial charge in [-0.1, -0.05) is 29.8 Å². The smallest absolute Gasteiger partial charge is 0.126 e. The molecule has 0 aliphatic heterocycles. The van der Waals surface area contributed by atoms with E-state index in [1.165, 1.54) is 12.1 Å². The lowest BCUT2D eigenvalue weighted by Gasteiger charge is -2.13. The summed E-state index contributed by atoms with van der Waals surface area (Å²) in [5, 5.41) is 0.664. The van der Waals surface area contributed by atoms with Crippen molar-refractivity contribution in [3.63, 3.8) is 0 Å². The van der Waals surface area contributed by atoms with E-state index in [0.29, 0.717) is 10.8 Å². The van der Waals surface area contributed by atoms with Crippen molar-refractivity contribution in [3.8, 4) is 5.75 Å². The fourth-order valence-electron chi connectivity index (χ4n) is 1.55. The van der Waals surface area contributed by atoms with Crippen LogP contribution in [0, 0.1) is 5.82 Å². The van der Waals surface area contributed by atoms with Gasteiger partial charge in [-0.05, 0) is 29.8 Å². The molecule has 4 heteroatoms. The van der Waals surface area contributed by atoms with Crippen molar-refractivity contribution < 1.29 is 9.13 Å². The van der Waals surface area contributed by atoms with Crippen LogP contribution in [-0.4, -0.2) is 6.61 Å². The first-order valence-corrected chi connectivity index (χ1v) is 5.92. The third-order valence-electron chi connectivity index (χ3n) is 2.52. The number of hydrogen-bond acceptors (Lipinski definition) is 2. The molecule has 0 aromatic heterocycles. The van der Waals surface area contributed by atoms with E-state index in [1.54, 1.807) is 24.3 Å². The Hall–Kier alpha value is -1.58. The van der Waals surface area contributed by atoms with Gasteiger partial charge in [0.25, 0.3) is 0 Å². The largest absolute Gasteiger partial charge is 0.492 e. The van der Waals surface area contributed by atoms with Gasteiger partial charge in [-0.25, -0.2) is 4.39 Å². The highest BCUT2D eigenvalue weighted by Gasteiger charge is 2.07. The van der Waals surface area contributed by atoms with E-state index >= 15 is 0 Å². The standard InChI is InChI=1S/C14H13ClFNO/c15-11-6-4-10(5-7-11)14(17)9-18-13-3-1-2-12(16)8-13/h1-8,14H,9,17H2. The maximum absolute atomic E-state index is 12.9. The molecule has 0 heterocycles. The van der Waals surface area contributed by atoms with Gasteiger partial charge in [-0.2, -0.15) is 0 Å². The van der Waals surface area contributed by atoms with Crippen LogP contribution in [0.5, 0.6) is 5.75 Å². The molecule has 1 atom stereocenters. The molecule has 0 amide bonds. The van der Waals surface area contributed by atoms with Crippen molar-refractivity contribution in [2.75, 3.05) is 6.61 Å². The monoisotopic (exact) mass is 265 g/mol. The molecule has 0 saturated carbocycles. The van der Waals surface area contributed by atoms with Gasteiger partial charge in [-0.15, -0.1) is 0 Å². The van der Waals surface area contributed by atoms with E-state index in [-0.39, 0.29) is 18.5 Å². The lowest BCUT2D eigenvalue weighted by Crippen LogP contribution is -2.18. The zero-order valence-electron chi connectivity index (χ0n) is 9.64. The Balaban J connectivity index is 1.96. The Labute approximate surface area is 110 Å². The van der Waals surface area contributed by atoms with Gasteiger partial charge >= 0.3 is 0 Å². The Morgan fingerprint density at radius 1 is 1.17 bits per heavy atom. The van der Waals surface area contributed by atoms with Crippen molar-refractivity contribution >= 4 is 11.6 Å². The summed E-state index contributed by atoms with van der Waals surface area (Å²) in [6.45, 7) is 0.283. The molecule has 0 spiro atoms. The first kappa shape index (κ1) is 12.9. The van der Waals surface area contributed by atoms with Gasteiger partial charge in [0.2, 0.25) is 0 Å². The summed E-state index contributed by atoms with van der Waals surface area (Å²) < 4.78 is 18.4. The molecule has 0 radical (unpaired) electrons. The average molecular weight is 266 g/mol. The Bertz CT molecular complexity index is 515. The predicted molar refractivity (Wildman–Crippen MR) is 70.3 cm³/mol. The van der Waals surface area contributed by atoms with Crippen LogP contribution < -0.4 is 10.5 Å². The SMILES string of the molecule is NC(COc1cccc(F)c1)c1ccc(Cl)cc1. The lowest BCUT2D eigenvalue weighted by molar-refractivity contribution is 0.289. The van der Waals surface area contributed by atoms with Crippen LogP contribution in [0.1, 0.15) is 11.6 Å². The number of benzene rings is 2. The fraction of sp³-hybridized carbons (Fsp3) is 0.143. The second kappa shape index (κ2) is 5.85. The minimum Gasteiger partial charge on any atom is -0.492 e. The Morgan fingerprint density at radius 3 is 2.56 bits per heavy atom. The highest BCUT2D eigenvalue weighted by atomic mass is 35.5. The summed E-state index contributed by atoms with van der Waals surface area (Å²) in [6.07, 6.45) is 0. The highest BCUT2D eigenvalue weighted by Crippen LogP contribution is 2.17. The van der Waals surface area contributed by atoms with Gasteiger partial charge in [0.15, 0.2) is 0 Å².